The van der Waals surface area contributed by atoms with Gasteiger partial charge in [-0.2, -0.15) is 0 Å². The van der Waals surface area contributed by atoms with E-state index in [1.807, 2.05) is 0 Å². The van der Waals surface area contributed by atoms with Crippen molar-refractivity contribution in [2.24, 2.45) is 0 Å². The predicted octanol–water partition coefficient (Wildman–Crippen LogP) is 4.09. The fourth-order valence-corrected chi connectivity index (χ4v) is 2.00. The van der Waals surface area contributed by atoms with E-state index < -0.39 is 11.8 Å². The van der Waals surface area contributed by atoms with Gasteiger partial charge < -0.3 is 14.6 Å². The molecule has 1 N–H and O–H groups in total. The minimum absolute atomic E-state index is 0.0120. The summed E-state index contributed by atoms with van der Waals surface area (Å²) in [5.74, 6) is -0.663. The van der Waals surface area contributed by atoms with Gasteiger partial charge >= 0.3 is 5.97 Å². The van der Waals surface area contributed by atoms with Gasteiger partial charge in [-0.15, -0.1) is 0 Å². The van der Waals surface area contributed by atoms with Gasteiger partial charge in [0.1, 0.15) is 28.6 Å². The third-order valence-electron chi connectivity index (χ3n) is 2.53. The van der Waals surface area contributed by atoms with Crippen LogP contribution < -0.4 is 9.47 Å². The molecule has 0 unspecified atom stereocenters. The molecule has 0 saturated carbocycles. The standard InChI is InChI=1S/C14H10BrFO4/c1-19-9-3-4-10(14(17)18)13(7-9)20-12-5-2-8(16)6-11(12)15/h2-7H,1H3,(H,17,18). The second-order valence-electron chi connectivity index (χ2n) is 3.84. The lowest BCUT2D eigenvalue weighted by Crippen LogP contribution is -2.00. The van der Waals surface area contributed by atoms with Crippen LogP contribution in [0.4, 0.5) is 4.39 Å². The molecule has 4 nitrogen and oxygen atoms in total. The van der Waals surface area contributed by atoms with Crippen LogP contribution in [-0.2, 0) is 0 Å². The quantitative estimate of drug-likeness (QED) is 0.910. The number of ether oxygens (including phenoxy) is 2. The van der Waals surface area contributed by atoms with Gasteiger partial charge in [0.25, 0.3) is 0 Å². The van der Waals surface area contributed by atoms with Crippen molar-refractivity contribution in [3.63, 3.8) is 0 Å². The molecular weight excluding hydrogens is 331 g/mol. The molecular formula is C14H10BrFO4. The van der Waals surface area contributed by atoms with Crippen LogP contribution in [0.2, 0.25) is 0 Å². The molecule has 2 aromatic carbocycles. The van der Waals surface area contributed by atoms with E-state index in [-0.39, 0.29) is 11.3 Å². The summed E-state index contributed by atoms with van der Waals surface area (Å²) in [6.07, 6.45) is 0. The molecule has 104 valence electrons. The van der Waals surface area contributed by atoms with Crippen molar-refractivity contribution in [1.82, 2.24) is 0 Å². The normalized spacial score (nSPS) is 10.2. The van der Waals surface area contributed by atoms with E-state index in [1.54, 1.807) is 0 Å². The number of carboxylic acids is 1. The van der Waals surface area contributed by atoms with E-state index in [1.165, 1.54) is 43.5 Å². The molecule has 0 aromatic heterocycles. The summed E-state index contributed by atoms with van der Waals surface area (Å²) in [7, 11) is 1.47. The SMILES string of the molecule is COc1ccc(C(=O)O)c(Oc2ccc(F)cc2Br)c1. The summed E-state index contributed by atoms with van der Waals surface area (Å²) in [5, 5.41) is 9.13. The molecule has 0 aliphatic heterocycles. The van der Waals surface area contributed by atoms with E-state index in [9.17, 15) is 9.18 Å². The van der Waals surface area contributed by atoms with Crippen molar-refractivity contribution in [2.45, 2.75) is 0 Å². The summed E-state index contributed by atoms with van der Waals surface area (Å²) in [4.78, 5) is 11.2. The van der Waals surface area contributed by atoms with Gasteiger partial charge in [-0.25, -0.2) is 9.18 Å². The minimum Gasteiger partial charge on any atom is -0.497 e. The van der Waals surface area contributed by atoms with Gasteiger partial charge in [-0.1, -0.05) is 0 Å². The first-order valence-electron chi connectivity index (χ1n) is 5.55. The van der Waals surface area contributed by atoms with E-state index in [2.05, 4.69) is 15.9 Å². The summed E-state index contributed by atoms with van der Waals surface area (Å²) < 4.78 is 24.0. The van der Waals surface area contributed by atoms with Gasteiger partial charge in [0.2, 0.25) is 0 Å². The van der Waals surface area contributed by atoms with Crippen LogP contribution in [0.1, 0.15) is 10.4 Å². The van der Waals surface area contributed by atoms with Crippen molar-refractivity contribution < 1.29 is 23.8 Å². The van der Waals surface area contributed by atoms with E-state index in [0.717, 1.165) is 0 Å². The van der Waals surface area contributed by atoms with Gasteiger partial charge in [-0.05, 0) is 46.3 Å². The number of hydrogen-bond acceptors (Lipinski definition) is 3. The molecule has 0 saturated heterocycles. The molecule has 0 aliphatic carbocycles. The third-order valence-corrected chi connectivity index (χ3v) is 3.15. The molecule has 0 radical (unpaired) electrons. The highest BCUT2D eigenvalue weighted by molar-refractivity contribution is 9.10. The molecule has 0 amide bonds. The van der Waals surface area contributed by atoms with Crippen LogP contribution in [-0.4, -0.2) is 18.2 Å². The summed E-state index contributed by atoms with van der Waals surface area (Å²) in [6, 6.07) is 8.23. The van der Waals surface area contributed by atoms with Crippen LogP contribution in [0, 0.1) is 5.82 Å². The van der Waals surface area contributed by atoms with Gasteiger partial charge in [0.15, 0.2) is 0 Å². The Morgan fingerprint density at radius 2 is 1.95 bits per heavy atom. The largest absolute Gasteiger partial charge is 0.497 e. The van der Waals surface area contributed by atoms with Crippen LogP contribution >= 0.6 is 15.9 Å². The molecule has 0 spiro atoms. The average molecular weight is 341 g/mol. The van der Waals surface area contributed by atoms with Crippen molar-refractivity contribution >= 4 is 21.9 Å². The van der Waals surface area contributed by atoms with Crippen molar-refractivity contribution in [2.75, 3.05) is 7.11 Å². The minimum atomic E-state index is -1.12. The first-order valence-corrected chi connectivity index (χ1v) is 6.35. The van der Waals surface area contributed by atoms with Crippen molar-refractivity contribution in [1.29, 1.82) is 0 Å². The molecule has 20 heavy (non-hydrogen) atoms. The molecule has 0 aliphatic rings. The molecule has 0 atom stereocenters. The third kappa shape index (κ3) is 3.08. The summed E-state index contributed by atoms with van der Waals surface area (Å²) in [6.45, 7) is 0. The molecule has 0 heterocycles. The molecule has 0 fully saturated rings. The topological polar surface area (TPSA) is 55.8 Å². The van der Waals surface area contributed by atoms with E-state index in [0.29, 0.717) is 16.0 Å². The maximum atomic E-state index is 13.0. The number of carbonyl (C=O) groups is 1. The summed E-state index contributed by atoms with van der Waals surface area (Å²) >= 11 is 3.16. The van der Waals surface area contributed by atoms with Crippen LogP contribution in [0.15, 0.2) is 40.9 Å². The maximum absolute atomic E-state index is 13.0. The highest BCUT2D eigenvalue weighted by Gasteiger charge is 2.14. The Morgan fingerprint density at radius 3 is 2.55 bits per heavy atom. The van der Waals surface area contributed by atoms with E-state index in [4.69, 9.17) is 14.6 Å². The monoisotopic (exact) mass is 340 g/mol. The lowest BCUT2D eigenvalue weighted by atomic mass is 10.2. The number of rotatable bonds is 4. The average Bonchev–Trinajstić information content (AvgIpc) is 2.41. The zero-order chi connectivity index (χ0) is 14.7. The van der Waals surface area contributed by atoms with Crippen molar-refractivity contribution in [3.05, 3.63) is 52.3 Å². The van der Waals surface area contributed by atoms with Crippen LogP contribution in [0.25, 0.3) is 0 Å². The predicted molar refractivity (Wildman–Crippen MR) is 74.1 cm³/mol. The number of methoxy groups -OCH3 is 1. The number of carboxylic acid groups (broad SMARTS) is 1. The highest BCUT2D eigenvalue weighted by Crippen LogP contribution is 2.34. The zero-order valence-corrected chi connectivity index (χ0v) is 12.0. The van der Waals surface area contributed by atoms with Crippen molar-refractivity contribution in [3.8, 4) is 17.2 Å². The second kappa shape index (κ2) is 5.92. The lowest BCUT2D eigenvalue weighted by Gasteiger charge is -2.11. The Bertz CT molecular complexity index is 658. The second-order valence-corrected chi connectivity index (χ2v) is 4.70. The fourth-order valence-electron chi connectivity index (χ4n) is 1.57. The Hall–Kier alpha value is -2.08. The fraction of sp³-hybridized carbons (Fsp3) is 0.0714. The van der Waals surface area contributed by atoms with Gasteiger partial charge in [0, 0.05) is 6.07 Å². The smallest absolute Gasteiger partial charge is 0.339 e. The first-order chi connectivity index (χ1) is 9.51. The number of benzene rings is 2. The molecule has 2 aromatic rings. The van der Waals surface area contributed by atoms with Crippen LogP contribution in [0.3, 0.4) is 0 Å². The van der Waals surface area contributed by atoms with E-state index >= 15 is 0 Å². The van der Waals surface area contributed by atoms with Crippen LogP contribution in [0.5, 0.6) is 17.2 Å². The van der Waals surface area contributed by atoms with Gasteiger partial charge in [-0.3, -0.25) is 0 Å². The molecule has 0 bridgehead atoms. The first kappa shape index (κ1) is 14.3. The lowest BCUT2D eigenvalue weighted by molar-refractivity contribution is 0.0694. The Labute approximate surface area is 122 Å². The summed E-state index contributed by atoms with van der Waals surface area (Å²) in [5.41, 5.74) is -0.0120. The maximum Gasteiger partial charge on any atom is 0.339 e. The Balaban J connectivity index is 2.43. The molecule has 2 rings (SSSR count). The molecule has 6 heteroatoms. The number of hydrogen-bond donors (Lipinski definition) is 1. The Morgan fingerprint density at radius 1 is 1.20 bits per heavy atom. The number of aromatic carboxylic acids is 1. The zero-order valence-electron chi connectivity index (χ0n) is 10.4. The Kier molecular flexibility index (Phi) is 4.24. The number of halogens is 2. The van der Waals surface area contributed by atoms with Gasteiger partial charge in [0.05, 0.1) is 11.6 Å². The highest BCUT2D eigenvalue weighted by atomic mass is 79.9.